The van der Waals surface area contributed by atoms with E-state index in [0.29, 0.717) is 0 Å². The number of aromatic nitrogens is 1. The van der Waals surface area contributed by atoms with Gasteiger partial charge in [-0.05, 0) is 25.0 Å². The molecule has 0 fully saturated rings. The summed E-state index contributed by atoms with van der Waals surface area (Å²) in [6.07, 6.45) is 4.57. The predicted molar refractivity (Wildman–Crippen MR) is 56.2 cm³/mol. The predicted octanol–water partition coefficient (Wildman–Crippen LogP) is 1.97. The molecule has 1 aromatic heterocycles. The maximum absolute atomic E-state index is 9.59. The van der Waals surface area contributed by atoms with Crippen LogP contribution in [0.25, 0.3) is 0 Å². The number of aliphatic hydroxyl groups excluding tert-OH is 1. The molecule has 1 rings (SSSR count). The third-order valence-corrected chi connectivity index (χ3v) is 2.42. The van der Waals surface area contributed by atoms with E-state index < -0.39 is 0 Å². The summed E-state index contributed by atoms with van der Waals surface area (Å²) in [6.45, 7) is 4.82. The molecule has 0 amide bonds. The maximum atomic E-state index is 9.59. The van der Waals surface area contributed by atoms with Crippen molar-refractivity contribution in [1.82, 2.24) is 4.57 Å². The van der Waals surface area contributed by atoms with E-state index >= 15 is 0 Å². The molecule has 0 spiro atoms. The van der Waals surface area contributed by atoms with Gasteiger partial charge in [0.2, 0.25) is 0 Å². The highest BCUT2D eigenvalue weighted by Crippen LogP contribution is 2.16. The van der Waals surface area contributed by atoms with Gasteiger partial charge >= 0.3 is 0 Å². The van der Waals surface area contributed by atoms with Crippen molar-refractivity contribution in [2.24, 2.45) is 0 Å². The number of methoxy groups -OCH3 is 1. The first kappa shape index (κ1) is 11.3. The van der Waals surface area contributed by atoms with Gasteiger partial charge in [0.1, 0.15) is 0 Å². The monoisotopic (exact) mass is 197 g/mol. The second kappa shape index (κ2) is 5.17. The minimum absolute atomic E-state index is 0.203. The van der Waals surface area contributed by atoms with E-state index in [2.05, 4.69) is 0 Å². The fraction of sp³-hybridized carbons (Fsp3) is 0.636. The zero-order chi connectivity index (χ0) is 10.6. The van der Waals surface area contributed by atoms with Crippen LogP contribution in [0.1, 0.15) is 31.9 Å². The van der Waals surface area contributed by atoms with E-state index in [1.54, 1.807) is 7.11 Å². The molecule has 1 N–H and O–H groups in total. The Balaban J connectivity index is 2.59. The normalized spacial score (nSPS) is 15.4. The molecule has 14 heavy (non-hydrogen) atoms. The third-order valence-electron chi connectivity index (χ3n) is 2.42. The standard InChI is InChI=1S/C11H19NO2/c1-4-11(13)10-5-6-12(8-10)7-9(2)14-3/h5-6,8-9,11,13H,4,7H2,1-3H3. The molecule has 80 valence electrons. The van der Waals surface area contributed by atoms with Gasteiger partial charge in [-0.1, -0.05) is 6.92 Å². The van der Waals surface area contributed by atoms with Gasteiger partial charge in [-0.3, -0.25) is 0 Å². The quantitative estimate of drug-likeness (QED) is 0.783. The lowest BCUT2D eigenvalue weighted by molar-refractivity contribution is 0.103. The van der Waals surface area contributed by atoms with Crippen molar-refractivity contribution >= 4 is 0 Å². The lowest BCUT2D eigenvalue weighted by Gasteiger charge is -2.10. The maximum Gasteiger partial charge on any atom is 0.0802 e. The number of hydrogen-bond acceptors (Lipinski definition) is 2. The van der Waals surface area contributed by atoms with Crippen molar-refractivity contribution in [2.45, 2.75) is 39.0 Å². The van der Waals surface area contributed by atoms with Crippen molar-refractivity contribution in [3.63, 3.8) is 0 Å². The molecule has 1 aromatic rings. The zero-order valence-corrected chi connectivity index (χ0v) is 9.10. The van der Waals surface area contributed by atoms with Crippen molar-refractivity contribution in [2.75, 3.05) is 7.11 Å². The molecule has 0 aromatic carbocycles. The molecule has 3 heteroatoms. The zero-order valence-electron chi connectivity index (χ0n) is 9.10. The van der Waals surface area contributed by atoms with Crippen LogP contribution in [0.3, 0.4) is 0 Å². The Labute approximate surface area is 85.3 Å². The highest BCUT2D eigenvalue weighted by molar-refractivity contribution is 5.13. The molecular formula is C11H19NO2. The average molecular weight is 197 g/mol. The lowest BCUT2D eigenvalue weighted by Crippen LogP contribution is -2.13. The fourth-order valence-electron chi connectivity index (χ4n) is 1.38. The van der Waals surface area contributed by atoms with Crippen LogP contribution in [-0.4, -0.2) is 22.9 Å². The van der Waals surface area contributed by atoms with Crippen LogP contribution in [0.2, 0.25) is 0 Å². The van der Waals surface area contributed by atoms with E-state index in [1.807, 2.05) is 36.9 Å². The van der Waals surface area contributed by atoms with Crippen molar-refractivity contribution in [3.05, 3.63) is 24.0 Å². The summed E-state index contributed by atoms with van der Waals surface area (Å²) in [6, 6.07) is 1.95. The summed E-state index contributed by atoms with van der Waals surface area (Å²) < 4.78 is 7.21. The Hall–Kier alpha value is -0.800. The van der Waals surface area contributed by atoms with Crippen LogP contribution in [0, 0.1) is 0 Å². The van der Waals surface area contributed by atoms with Crippen LogP contribution < -0.4 is 0 Å². The topological polar surface area (TPSA) is 34.4 Å². The van der Waals surface area contributed by atoms with Crippen LogP contribution in [0.5, 0.6) is 0 Å². The molecule has 0 aliphatic carbocycles. The van der Waals surface area contributed by atoms with Crippen LogP contribution in [-0.2, 0) is 11.3 Å². The van der Waals surface area contributed by atoms with E-state index in [4.69, 9.17) is 4.74 Å². The average Bonchev–Trinajstić information content (AvgIpc) is 2.65. The number of ether oxygens (including phenoxy) is 1. The van der Waals surface area contributed by atoms with Gasteiger partial charge in [0.05, 0.1) is 12.2 Å². The van der Waals surface area contributed by atoms with Gasteiger partial charge in [0.25, 0.3) is 0 Å². The van der Waals surface area contributed by atoms with E-state index in [0.717, 1.165) is 18.5 Å². The summed E-state index contributed by atoms with van der Waals surface area (Å²) in [5.41, 5.74) is 0.982. The minimum atomic E-state index is -0.339. The highest BCUT2D eigenvalue weighted by atomic mass is 16.5. The minimum Gasteiger partial charge on any atom is -0.388 e. The largest absolute Gasteiger partial charge is 0.388 e. The second-order valence-electron chi connectivity index (χ2n) is 3.61. The van der Waals surface area contributed by atoms with Gasteiger partial charge < -0.3 is 14.4 Å². The molecule has 2 unspecified atom stereocenters. The summed E-state index contributed by atoms with van der Waals surface area (Å²) >= 11 is 0. The van der Waals surface area contributed by atoms with Gasteiger partial charge in [-0.2, -0.15) is 0 Å². The SMILES string of the molecule is CCC(O)c1ccn(CC(C)OC)c1. The van der Waals surface area contributed by atoms with E-state index in [9.17, 15) is 5.11 Å². The number of nitrogens with zero attached hydrogens (tertiary/aromatic N) is 1. The number of aliphatic hydroxyl groups is 1. The molecule has 0 aliphatic rings. The lowest BCUT2D eigenvalue weighted by atomic mass is 10.1. The number of rotatable bonds is 5. The molecule has 0 radical (unpaired) electrons. The molecule has 0 bridgehead atoms. The summed E-state index contributed by atoms with van der Waals surface area (Å²) in [5.74, 6) is 0. The Morgan fingerprint density at radius 3 is 2.86 bits per heavy atom. The Bertz CT molecular complexity index is 270. The molecule has 0 aliphatic heterocycles. The summed E-state index contributed by atoms with van der Waals surface area (Å²) in [7, 11) is 1.70. The Morgan fingerprint density at radius 2 is 2.29 bits per heavy atom. The van der Waals surface area contributed by atoms with Gasteiger partial charge in [0.15, 0.2) is 0 Å². The van der Waals surface area contributed by atoms with Crippen LogP contribution in [0.4, 0.5) is 0 Å². The molecule has 1 heterocycles. The fourth-order valence-corrected chi connectivity index (χ4v) is 1.38. The molecule has 2 atom stereocenters. The van der Waals surface area contributed by atoms with Gasteiger partial charge in [-0.25, -0.2) is 0 Å². The van der Waals surface area contributed by atoms with E-state index in [1.165, 1.54) is 0 Å². The first-order chi connectivity index (χ1) is 6.67. The second-order valence-corrected chi connectivity index (χ2v) is 3.61. The Kier molecular flexibility index (Phi) is 4.17. The van der Waals surface area contributed by atoms with Crippen molar-refractivity contribution in [3.8, 4) is 0 Å². The van der Waals surface area contributed by atoms with Gasteiger partial charge in [0, 0.05) is 26.0 Å². The van der Waals surface area contributed by atoms with Crippen molar-refractivity contribution in [1.29, 1.82) is 0 Å². The Morgan fingerprint density at radius 1 is 1.57 bits per heavy atom. The molecule has 0 saturated heterocycles. The molecule has 3 nitrogen and oxygen atoms in total. The van der Waals surface area contributed by atoms with E-state index in [-0.39, 0.29) is 12.2 Å². The first-order valence-corrected chi connectivity index (χ1v) is 5.04. The highest BCUT2D eigenvalue weighted by Gasteiger charge is 2.07. The van der Waals surface area contributed by atoms with Crippen molar-refractivity contribution < 1.29 is 9.84 Å². The van der Waals surface area contributed by atoms with Crippen LogP contribution in [0.15, 0.2) is 18.5 Å². The smallest absolute Gasteiger partial charge is 0.0802 e. The molecule has 0 saturated carbocycles. The first-order valence-electron chi connectivity index (χ1n) is 5.04. The molecular weight excluding hydrogens is 178 g/mol. The summed E-state index contributed by atoms with van der Waals surface area (Å²) in [4.78, 5) is 0. The summed E-state index contributed by atoms with van der Waals surface area (Å²) in [5, 5.41) is 9.59. The third kappa shape index (κ3) is 2.86. The van der Waals surface area contributed by atoms with Crippen LogP contribution >= 0.6 is 0 Å². The van der Waals surface area contributed by atoms with Gasteiger partial charge in [-0.15, -0.1) is 0 Å². The number of hydrogen-bond donors (Lipinski definition) is 1.